The first-order valence-electron chi connectivity index (χ1n) is 9.53. The summed E-state index contributed by atoms with van der Waals surface area (Å²) in [7, 11) is 0. The Labute approximate surface area is 163 Å². The molecular weight excluding hydrogens is 355 g/mol. The summed E-state index contributed by atoms with van der Waals surface area (Å²) in [6, 6.07) is 12.8. The number of nitrogens with zero attached hydrogens (tertiary/aromatic N) is 2. The van der Waals surface area contributed by atoms with Crippen molar-refractivity contribution in [3.8, 4) is 17.5 Å². The van der Waals surface area contributed by atoms with Crippen LogP contribution in [0.5, 0.6) is 5.75 Å². The van der Waals surface area contributed by atoms with Gasteiger partial charge in [0.05, 0.1) is 30.7 Å². The van der Waals surface area contributed by atoms with Crippen LogP contribution in [-0.4, -0.2) is 22.9 Å². The molecule has 1 aliphatic heterocycles. The Kier molecular flexibility index (Phi) is 4.60. The van der Waals surface area contributed by atoms with Crippen LogP contribution in [0.2, 0.25) is 0 Å². The van der Waals surface area contributed by atoms with Gasteiger partial charge in [-0.25, -0.2) is 4.39 Å². The Morgan fingerprint density at radius 1 is 1.21 bits per heavy atom. The van der Waals surface area contributed by atoms with Crippen molar-refractivity contribution >= 4 is 10.9 Å². The van der Waals surface area contributed by atoms with Crippen LogP contribution in [0.4, 0.5) is 4.39 Å². The minimum Gasteiger partial charge on any atom is -0.508 e. The van der Waals surface area contributed by atoms with Crippen molar-refractivity contribution in [1.29, 1.82) is 5.26 Å². The smallest absolute Gasteiger partial charge is 0.126 e. The van der Waals surface area contributed by atoms with Gasteiger partial charge in [0.1, 0.15) is 11.6 Å². The van der Waals surface area contributed by atoms with Gasteiger partial charge in [0.25, 0.3) is 0 Å². The molecule has 0 unspecified atom stereocenters. The van der Waals surface area contributed by atoms with Crippen molar-refractivity contribution in [2.45, 2.75) is 32.6 Å². The molecule has 4 nitrogen and oxygen atoms in total. The predicted molar refractivity (Wildman–Crippen MR) is 106 cm³/mol. The number of aromatic nitrogens is 1. The minimum atomic E-state index is -0.238. The van der Waals surface area contributed by atoms with Crippen LogP contribution in [0, 0.1) is 30.0 Å². The molecule has 0 amide bonds. The molecule has 2 atom stereocenters. The number of nitriles is 1. The summed E-state index contributed by atoms with van der Waals surface area (Å²) in [5, 5.41) is 20.7. The van der Waals surface area contributed by atoms with Crippen LogP contribution in [0.3, 0.4) is 0 Å². The Morgan fingerprint density at radius 3 is 2.68 bits per heavy atom. The van der Waals surface area contributed by atoms with Crippen molar-refractivity contribution in [2.75, 3.05) is 13.2 Å². The van der Waals surface area contributed by atoms with Crippen LogP contribution in [0.1, 0.15) is 42.5 Å². The zero-order valence-corrected chi connectivity index (χ0v) is 16.2. The highest BCUT2D eigenvalue weighted by Gasteiger charge is 2.35. The van der Waals surface area contributed by atoms with Gasteiger partial charge in [-0.15, -0.1) is 0 Å². The summed E-state index contributed by atoms with van der Waals surface area (Å²) in [6.45, 7) is 6.88. The normalized spacial score (nSPS) is 19.4. The second-order valence-corrected chi connectivity index (χ2v) is 7.80. The maximum absolute atomic E-state index is 13.9. The molecule has 1 N–H and O–H groups in total. The molecule has 1 saturated heterocycles. The van der Waals surface area contributed by atoms with E-state index in [-0.39, 0.29) is 29.3 Å². The topological polar surface area (TPSA) is 58.2 Å². The van der Waals surface area contributed by atoms with Crippen molar-refractivity contribution in [3.05, 3.63) is 59.0 Å². The highest BCUT2D eigenvalue weighted by Crippen LogP contribution is 2.43. The van der Waals surface area contributed by atoms with Gasteiger partial charge in [-0.05, 0) is 60.4 Å². The average Bonchev–Trinajstić information content (AvgIpc) is 3.25. The first-order valence-corrected chi connectivity index (χ1v) is 9.53. The maximum atomic E-state index is 13.9. The molecule has 3 aromatic rings. The van der Waals surface area contributed by atoms with Gasteiger partial charge in [-0.3, -0.25) is 0 Å². The molecule has 0 aliphatic carbocycles. The summed E-state index contributed by atoms with van der Waals surface area (Å²) >= 11 is 0. The molecule has 1 aliphatic rings. The number of aryl methyl sites for hydroxylation is 1. The largest absolute Gasteiger partial charge is 0.508 e. The standard InChI is InChI=1S/C23H23FN2O2/c1-13(2)23-22(19-12-28-11-15(19)10-25)18-9-17(27)5-7-21(18)26(23)16-4-6-20(24)14(3)8-16/h4-9,13,15,19,27H,11-12H2,1-3H3/t15-,19+/m0/s1. The fourth-order valence-corrected chi connectivity index (χ4v) is 4.29. The van der Waals surface area contributed by atoms with E-state index < -0.39 is 0 Å². The predicted octanol–water partition coefficient (Wildman–Crippen LogP) is 5.16. The Morgan fingerprint density at radius 2 is 2.00 bits per heavy atom. The second-order valence-electron chi connectivity index (χ2n) is 7.80. The number of halogens is 1. The number of ether oxygens (including phenoxy) is 1. The molecule has 2 heterocycles. The Hall–Kier alpha value is -2.84. The number of hydrogen-bond donors (Lipinski definition) is 1. The quantitative estimate of drug-likeness (QED) is 0.685. The Balaban J connectivity index is 2.09. The van der Waals surface area contributed by atoms with E-state index in [1.165, 1.54) is 6.07 Å². The highest BCUT2D eigenvalue weighted by molar-refractivity contribution is 5.89. The Bertz CT molecular complexity index is 1090. The van der Waals surface area contributed by atoms with Gasteiger partial charge in [0, 0.05) is 22.7 Å². The van der Waals surface area contributed by atoms with E-state index in [0.717, 1.165) is 27.8 Å². The molecule has 0 radical (unpaired) electrons. The minimum absolute atomic E-state index is 0.0607. The van der Waals surface area contributed by atoms with Gasteiger partial charge in [0.2, 0.25) is 0 Å². The molecule has 5 heteroatoms. The summed E-state index contributed by atoms with van der Waals surface area (Å²) in [6.07, 6.45) is 0. The first-order chi connectivity index (χ1) is 13.4. The third-order valence-corrected chi connectivity index (χ3v) is 5.59. The van der Waals surface area contributed by atoms with Crippen molar-refractivity contribution < 1.29 is 14.2 Å². The number of benzene rings is 2. The molecule has 0 saturated carbocycles. The van der Waals surface area contributed by atoms with Crippen molar-refractivity contribution in [1.82, 2.24) is 4.57 Å². The molecule has 28 heavy (non-hydrogen) atoms. The highest BCUT2D eigenvalue weighted by atomic mass is 19.1. The van der Waals surface area contributed by atoms with Crippen LogP contribution >= 0.6 is 0 Å². The molecule has 1 fully saturated rings. The fraction of sp³-hybridized carbons (Fsp3) is 0.348. The SMILES string of the molecule is Cc1cc(-n2c(C(C)C)c([C@@H]3COC[C@@H]3C#N)c3cc(O)ccc32)ccc1F. The van der Waals surface area contributed by atoms with Gasteiger partial charge in [-0.2, -0.15) is 5.26 Å². The van der Waals surface area contributed by atoms with Crippen LogP contribution in [-0.2, 0) is 4.74 Å². The monoisotopic (exact) mass is 378 g/mol. The molecular formula is C23H23FN2O2. The van der Waals surface area contributed by atoms with E-state index in [2.05, 4.69) is 24.5 Å². The third-order valence-electron chi connectivity index (χ3n) is 5.59. The van der Waals surface area contributed by atoms with E-state index in [4.69, 9.17) is 4.74 Å². The van der Waals surface area contributed by atoms with E-state index >= 15 is 0 Å². The van der Waals surface area contributed by atoms with E-state index in [1.807, 2.05) is 12.1 Å². The van der Waals surface area contributed by atoms with Gasteiger partial charge in [-0.1, -0.05) is 13.8 Å². The number of phenolic OH excluding ortho intramolecular Hbond substituents is 1. The third kappa shape index (κ3) is 2.85. The summed E-state index contributed by atoms with van der Waals surface area (Å²) < 4.78 is 21.7. The van der Waals surface area contributed by atoms with E-state index in [9.17, 15) is 14.8 Å². The number of aromatic hydroxyl groups is 1. The zero-order valence-electron chi connectivity index (χ0n) is 16.2. The van der Waals surface area contributed by atoms with E-state index in [1.54, 1.807) is 25.1 Å². The molecule has 0 spiro atoms. The lowest BCUT2D eigenvalue weighted by Gasteiger charge is -2.19. The van der Waals surface area contributed by atoms with Gasteiger partial charge < -0.3 is 14.4 Å². The lowest BCUT2D eigenvalue weighted by Crippen LogP contribution is -2.13. The van der Waals surface area contributed by atoms with Crippen molar-refractivity contribution in [3.63, 3.8) is 0 Å². The molecule has 2 aromatic carbocycles. The summed E-state index contributed by atoms with van der Waals surface area (Å²) in [5.41, 5.74) is 4.51. The van der Waals surface area contributed by atoms with Crippen LogP contribution in [0.25, 0.3) is 16.6 Å². The number of phenols is 1. The lowest BCUT2D eigenvalue weighted by molar-refractivity contribution is 0.189. The second kappa shape index (κ2) is 6.96. The molecule has 144 valence electrons. The maximum Gasteiger partial charge on any atom is 0.126 e. The molecule has 1 aromatic heterocycles. The number of hydrogen-bond acceptors (Lipinski definition) is 3. The summed E-state index contributed by atoms with van der Waals surface area (Å²) in [4.78, 5) is 0. The van der Waals surface area contributed by atoms with Gasteiger partial charge in [0.15, 0.2) is 0 Å². The fourth-order valence-electron chi connectivity index (χ4n) is 4.29. The molecule has 4 rings (SSSR count). The van der Waals surface area contributed by atoms with E-state index in [0.29, 0.717) is 18.8 Å². The first kappa shape index (κ1) is 18.5. The van der Waals surface area contributed by atoms with Gasteiger partial charge >= 0.3 is 0 Å². The average molecular weight is 378 g/mol. The lowest BCUT2D eigenvalue weighted by atomic mass is 9.85. The van der Waals surface area contributed by atoms with Crippen molar-refractivity contribution in [2.24, 2.45) is 5.92 Å². The van der Waals surface area contributed by atoms with Crippen LogP contribution < -0.4 is 0 Å². The number of fused-ring (bicyclic) bond motifs is 1. The molecule has 0 bridgehead atoms. The number of rotatable bonds is 3. The van der Waals surface area contributed by atoms with Crippen LogP contribution in [0.15, 0.2) is 36.4 Å². The summed E-state index contributed by atoms with van der Waals surface area (Å²) in [5.74, 6) is -0.181. The zero-order chi connectivity index (χ0) is 20.0.